The Morgan fingerprint density at radius 2 is 2.00 bits per heavy atom. The molecule has 0 heterocycles. The highest BCUT2D eigenvalue weighted by molar-refractivity contribution is 5.86. The lowest BCUT2D eigenvalue weighted by molar-refractivity contribution is -0.149. The molecule has 0 rings (SSSR count). The Kier molecular flexibility index (Phi) is 4.40. The molecule has 5 nitrogen and oxygen atoms in total. The predicted octanol–water partition coefficient (Wildman–Crippen LogP) is -0.345. The minimum atomic E-state index is -1.00. The van der Waals surface area contributed by atoms with Gasteiger partial charge < -0.3 is 15.7 Å². The van der Waals surface area contributed by atoms with Crippen molar-refractivity contribution in [3.63, 3.8) is 0 Å². The van der Waals surface area contributed by atoms with Crippen LogP contribution < -0.4 is 5.73 Å². The molecule has 0 spiro atoms. The summed E-state index contributed by atoms with van der Waals surface area (Å²) in [4.78, 5) is 23.1. The molecule has 1 amide bonds. The monoisotopic (exact) mass is 188 g/mol. The maximum Gasteiger partial charge on any atom is 0.326 e. The SMILES string of the molecule is CCC(C(=O)O)N(C)C(=O)[C@@H](C)N. The molecular formula is C8H16N2O3. The third kappa shape index (κ3) is 3.02. The number of rotatable bonds is 4. The fourth-order valence-electron chi connectivity index (χ4n) is 1.09. The number of nitrogens with two attached hydrogens (primary N) is 1. The van der Waals surface area contributed by atoms with Crippen molar-refractivity contribution in [3.8, 4) is 0 Å². The highest BCUT2D eigenvalue weighted by Gasteiger charge is 2.25. The van der Waals surface area contributed by atoms with Gasteiger partial charge in [-0.2, -0.15) is 0 Å². The molecule has 5 heteroatoms. The zero-order valence-corrected chi connectivity index (χ0v) is 8.15. The van der Waals surface area contributed by atoms with Gasteiger partial charge in [-0.3, -0.25) is 4.79 Å². The molecule has 0 aliphatic rings. The van der Waals surface area contributed by atoms with Crippen LogP contribution in [0.1, 0.15) is 20.3 Å². The summed E-state index contributed by atoms with van der Waals surface area (Å²) < 4.78 is 0. The average molecular weight is 188 g/mol. The summed E-state index contributed by atoms with van der Waals surface area (Å²) in [6.45, 7) is 3.25. The van der Waals surface area contributed by atoms with Crippen LogP contribution in [-0.2, 0) is 9.59 Å². The summed E-state index contributed by atoms with van der Waals surface area (Å²) in [7, 11) is 1.45. The molecule has 3 N–H and O–H groups in total. The minimum absolute atomic E-state index is 0.353. The van der Waals surface area contributed by atoms with Gasteiger partial charge in [0.1, 0.15) is 6.04 Å². The maximum atomic E-state index is 11.3. The van der Waals surface area contributed by atoms with Gasteiger partial charge in [-0.05, 0) is 13.3 Å². The van der Waals surface area contributed by atoms with Crippen molar-refractivity contribution in [3.05, 3.63) is 0 Å². The van der Waals surface area contributed by atoms with Crippen molar-refractivity contribution in [2.45, 2.75) is 32.4 Å². The van der Waals surface area contributed by atoms with Crippen LogP contribution in [0.15, 0.2) is 0 Å². The number of carboxylic acids is 1. The lowest BCUT2D eigenvalue weighted by Crippen LogP contribution is -2.48. The Hall–Kier alpha value is -1.10. The molecule has 0 saturated carbocycles. The number of hydrogen-bond acceptors (Lipinski definition) is 3. The van der Waals surface area contributed by atoms with Gasteiger partial charge in [0.05, 0.1) is 6.04 Å². The van der Waals surface area contributed by atoms with Crippen molar-refractivity contribution in [1.29, 1.82) is 0 Å². The zero-order valence-electron chi connectivity index (χ0n) is 8.15. The van der Waals surface area contributed by atoms with Crippen LogP contribution in [-0.4, -0.2) is 41.0 Å². The van der Waals surface area contributed by atoms with Crippen LogP contribution in [0.5, 0.6) is 0 Å². The topological polar surface area (TPSA) is 83.6 Å². The standard InChI is InChI=1S/C8H16N2O3/c1-4-6(8(12)13)10(3)7(11)5(2)9/h5-6H,4,9H2,1-3H3,(H,12,13)/t5-,6?/m1/s1. The maximum absolute atomic E-state index is 11.3. The van der Waals surface area contributed by atoms with Gasteiger partial charge >= 0.3 is 5.97 Å². The molecule has 0 aliphatic heterocycles. The summed E-state index contributed by atoms with van der Waals surface area (Å²) in [5.41, 5.74) is 5.35. The quantitative estimate of drug-likeness (QED) is 0.632. The summed E-state index contributed by atoms with van der Waals surface area (Å²) >= 11 is 0. The second-order valence-corrected chi connectivity index (χ2v) is 3.00. The second kappa shape index (κ2) is 4.81. The predicted molar refractivity (Wildman–Crippen MR) is 48.1 cm³/mol. The second-order valence-electron chi connectivity index (χ2n) is 3.00. The third-order valence-electron chi connectivity index (χ3n) is 1.88. The number of aliphatic carboxylic acids is 1. The fraction of sp³-hybridized carbons (Fsp3) is 0.750. The largest absolute Gasteiger partial charge is 0.480 e. The lowest BCUT2D eigenvalue weighted by atomic mass is 10.2. The van der Waals surface area contributed by atoms with Crippen LogP contribution in [0.25, 0.3) is 0 Å². The summed E-state index contributed by atoms with van der Waals surface area (Å²) in [6.07, 6.45) is 0.379. The molecule has 0 aromatic heterocycles. The molecule has 0 aromatic rings. The van der Waals surface area contributed by atoms with Gasteiger partial charge in [0.2, 0.25) is 5.91 Å². The van der Waals surface area contributed by atoms with E-state index in [4.69, 9.17) is 10.8 Å². The van der Waals surface area contributed by atoms with E-state index in [-0.39, 0.29) is 5.91 Å². The number of hydrogen-bond donors (Lipinski definition) is 2. The summed E-state index contributed by atoms with van der Waals surface area (Å²) in [5, 5.41) is 8.74. The van der Waals surface area contributed by atoms with Crippen LogP contribution in [0.4, 0.5) is 0 Å². The van der Waals surface area contributed by atoms with Gasteiger partial charge in [-0.1, -0.05) is 6.92 Å². The Bertz CT molecular complexity index is 204. The molecule has 0 radical (unpaired) electrons. The average Bonchev–Trinajstić information content (AvgIpc) is 2.03. The molecule has 0 bridgehead atoms. The van der Waals surface area contributed by atoms with E-state index in [0.29, 0.717) is 6.42 Å². The number of likely N-dealkylation sites (N-methyl/N-ethyl adjacent to an activating group) is 1. The van der Waals surface area contributed by atoms with Gasteiger partial charge in [-0.25, -0.2) is 4.79 Å². The van der Waals surface area contributed by atoms with E-state index in [0.717, 1.165) is 0 Å². The number of amides is 1. The molecule has 0 fully saturated rings. The molecule has 13 heavy (non-hydrogen) atoms. The molecule has 0 saturated heterocycles. The van der Waals surface area contributed by atoms with E-state index in [1.54, 1.807) is 6.92 Å². The van der Waals surface area contributed by atoms with E-state index in [2.05, 4.69) is 0 Å². The van der Waals surface area contributed by atoms with E-state index in [1.807, 2.05) is 0 Å². The Labute approximate surface area is 77.5 Å². The van der Waals surface area contributed by atoms with E-state index >= 15 is 0 Å². The minimum Gasteiger partial charge on any atom is -0.480 e. The molecule has 2 atom stereocenters. The number of carbonyl (C=O) groups excluding carboxylic acids is 1. The van der Waals surface area contributed by atoms with Gasteiger partial charge in [-0.15, -0.1) is 0 Å². The van der Waals surface area contributed by atoms with Gasteiger partial charge in [0.25, 0.3) is 0 Å². The van der Waals surface area contributed by atoms with Crippen molar-refractivity contribution in [2.24, 2.45) is 5.73 Å². The van der Waals surface area contributed by atoms with Crippen LogP contribution >= 0.6 is 0 Å². The third-order valence-corrected chi connectivity index (χ3v) is 1.88. The zero-order chi connectivity index (χ0) is 10.6. The normalized spacial score (nSPS) is 14.8. The summed E-state index contributed by atoms with van der Waals surface area (Å²) in [5.74, 6) is -1.35. The first-order valence-electron chi connectivity index (χ1n) is 4.16. The van der Waals surface area contributed by atoms with Crippen LogP contribution in [0.2, 0.25) is 0 Å². The number of carboxylic acid groups (broad SMARTS) is 1. The van der Waals surface area contributed by atoms with Crippen molar-refractivity contribution in [1.82, 2.24) is 4.90 Å². The van der Waals surface area contributed by atoms with E-state index in [9.17, 15) is 9.59 Å². The first-order chi connectivity index (χ1) is 5.91. The van der Waals surface area contributed by atoms with Crippen LogP contribution in [0, 0.1) is 0 Å². The molecule has 0 aromatic carbocycles. The lowest BCUT2D eigenvalue weighted by Gasteiger charge is -2.25. The Balaban J connectivity index is 4.46. The Morgan fingerprint density at radius 3 is 2.23 bits per heavy atom. The molecule has 1 unspecified atom stereocenters. The van der Waals surface area contributed by atoms with E-state index < -0.39 is 18.1 Å². The first kappa shape index (κ1) is 11.9. The molecule has 0 aliphatic carbocycles. The number of nitrogens with zero attached hydrogens (tertiary/aromatic N) is 1. The molecular weight excluding hydrogens is 172 g/mol. The fourth-order valence-corrected chi connectivity index (χ4v) is 1.09. The Morgan fingerprint density at radius 1 is 1.54 bits per heavy atom. The number of carbonyl (C=O) groups is 2. The van der Waals surface area contributed by atoms with Crippen molar-refractivity contribution in [2.75, 3.05) is 7.05 Å². The molecule has 76 valence electrons. The van der Waals surface area contributed by atoms with Crippen molar-refractivity contribution < 1.29 is 14.7 Å². The van der Waals surface area contributed by atoms with Crippen LogP contribution in [0.3, 0.4) is 0 Å². The highest BCUT2D eigenvalue weighted by atomic mass is 16.4. The van der Waals surface area contributed by atoms with Crippen molar-refractivity contribution >= 4 is 11.9 Å². The smallest absolute Gasteiger partial charge is 0.326 e. The van der Waals surface area contributed by atoms with Gasteiger partial charge in [0.15, 0.2) is 0 Å². The van der Waals surface area contributed by atoms with Gasteiger partial charge in [0, 0.05) is 7.05 Å². The van der Waals surface area contributed by atoms with E-state index in [1.165, 1.54) is 18.9 Å². The first-order valence-corrected chi connectivity index (χ1v) is 4.16. The summed E-state index contributed by atoms with van der Waals surface area (Å²) in [6, 6.07) is -1.43. The highest BCUT2D eigenvalue weighted by Crippen LogP contribution is 2.03.